The molecule has 0 aromatic carbocycles. The van der Waals surface area contributed by atoms with Gasteiger partial charge in [-0.25, -0.2) is 9.79 Å². The van der Waals surface area contributed by atoms with Crippen LogP contribution in [0.25, 0.3) is 11.5 Å². The van der Waals surface area contributed by atoms with Gasteiger partial charge in [-0.2, -0.15) is 14.5 Å². The molecule has 0 radical (unpaired) electrons. The molecular formula is C29H31N9O4S. The first-order valence-corrected chi connectivity index (χ1v) is 14.7. The van der Waals surface area contributed by atoms with Crippen molar-refractivity contribution in [3.63, 3.8) is 0 Å². The first kappa shape index (κ1) is 28.4. The molecule has 1 atom stereocenters. The Bertz CT molecular complexity index is 1710. The van der Waals surface area contributed by atoms with Crippen LogP contribution >= 0.6 is 11.5 Å². The van der Waals surface area contributed by atoms with Crippen LogP contribution < -0.4 is 10.2 Å². The highest BCUT2D eigenvalue weighted by atomic mass is 32.1. The number of fused-ring (bicyclic) bond motifs is 1. The molecule has 43 heavy (non-hydrogen) atoms. The van der Waals surface area contributed by atoms with Gasteiger partial charge in [0.2, 0.25) is 11.0 Å². The number of hydrogen-bond donors (Lipinski definition) is 2. The van der Waals surface area contributed by atoms with Crippen molar-refractivity contribution in [2.75, 3.05) is 23.3 Å². The Morgan fingerprint density at radius 1 is 1.21 bits per heavy atom. The third-order valence-electron chi connectivity index (χ3n) is 7.75. The maximum absolute atomic E-state index is 13.5. The van der Waals surface area contributed by atoms with Crippen molar-refractivity contribution >= 4 is 46.0 Å². The van der Waals surface area contributed by atoms with Crippen molar-refractivity contribution in [3.8, 4) is 11.5 Å². The van der Waals surface area contributed by atoms with Gasteiger partial charge in [0.1, 0.15) is 22.9 Å². The normalized spacial score (nSPS) is 19.8. The maximum atomic E-state index is 13.5. The number of ketones is 1. The van der Waals surface area contributed by atoms with Crippen LogP contribution in [-0.2, 0) is 14.4 Å². The van der Waals surface area contributed by atoms with E-state index in [2.05, 4.69) is 24.8 Å². The van der Waals surface area contributed by atoms with Crippen LogP contribution in [0.4, 0.5) is 10.9 Å². The number of carbonyl (C=O) groups is 3. The summed E-state index contributed by atoms with van der Waals surface area (Å²) < 4.78 is 6.28. The largest absolute Gasteiger partial charge is 0.478 e. The summed E-state index contributed by atoms with van der Waals surface area (Å²) in [6, 6.07) is 7.43. The molecule has 14 heteroatoms. The van der Waals surface area contributed by atoms with Gasteiger partial charge in [-0.3, -0.25) is 24.2 Å². The number of aliphatic imine (C=N–C) groups is 1. The van der Waals surface area contributed by atoms with E-state index in [0.717, 1.165) is 17.2 Å². The third kappa shape index (κ3) is 5.11. The van der Waals surface area contributed by atoms with Crippen LogP contribution in [0, 0.1) is 24.2 Å². The fourth-order valence-electron chi connectivity index (χ4n) is 5.55. The molecule has 3 aromatic rings. The average molecular weight is 602 g/mol. The number of aliphatic carboxylic acids is 1. The fourth-order valence-corrected chi connectivity index (χ4v) is 6.21. The summed E-state index contributed by atoms with van der Waals surface area (Å²) in [4.78, 5) is 55.8. The molecule has 0 saturated carbocycles. The molecule has 0 spiro atoms. The number of aryl methyl sites for hydroxylation is 1. The third-order valence-corrected chi connectivity index (χ3v) is 8.47. The molecule has 1 fully saturated rings. The maximum Gasteiger partial charge on any atom is 0.340 e. The van der Waals surface area contributed by atoms with Crippen molar-refractivity contribution in [3.05, 3.63) is 59.8 Å². The summed E-state index contributed by atoms with van der Waals surface area (Å²) in [6.45, 7) is 10.6. The van der Waals surface area contributed by atoms with Crippen LogP contribution in [0.2, 0.25) is 0 Å². The van der Waals surface area contributed by atoms with E-state index in [9.17, 15) is 19.5 Å². The van der Waals surface area contributed by atoms with Crippen molar-refractivity contribution in [1.82, 2.24) is 29.0 Å². The zero-order valence-corrected chi connectivity index (χ0v) is 25.2. The Hall–Kier alpha value is -4.72. The zero-order chi connectivity index (χ0) is 30.6. The molecule has 6 heterocycles. The lowest BCUT2D eigenvalue weighted by atomic mass is 9.71. The summed E-state index contributed by atoms with van der Waals surface area (Å²) in [5, 5.41) is 17.6. The Labute approximate surface area is 251 Å². The smallest absolute Gasteiger partial charge is 0.340 e. The topological polar surface area (TPSA) is 159 Å². The first-order valence-electron chi connectivity index (χ1n) is 13.9. The number of allylic oxidation sites excluding steroid dienone is 1. The van der Waals surface area contributed by atoms with Gasteiger partial charge >= 0.3 is 5.97 Å². The standard InChI is InChI=1S/C29H31N9O4S/c1-15(2)38-16(3)10-20(34-38)31-26(40)17-12-36(13-17)21-11-29(4,5)22-23(39)18(27(41)42)14-37(25(22)32-21)28-33-24(35-43-28)19-8-6-7-9-30-19/h6-11,14-15,17,22H,12-13H2,1-5H3,(H,41,42)(H,31,34,40). The number of nitrogens with zero attached hydrogens (tertiary/aromatic N) is 8. The van der Waals surface area contributed by atoms with Gasteiger partial charge in [-0.1, -0.05) is 19.9 Å². The van der Waals surface area contributed by atoms with Crippen molar-refractivity contribution < 1.29 is 19.5 Å². The number of rotatable bonds is 7. The van der Waals surface area contributed by atoms with E-state index < -0.39 is 23.1 Å². The van der Waals surface area contributed by atoms with E-state index >= 15 is 0 Å². The SMILES string of the molecule is Cc1cc(NC(=O)C2CN(C3=CC(C)(C)C4C(=O)C(C(=O)O)=CN(c5nc(-c6ccccn6)ns5)C4=N3)C2)nn1C(C)C. The van der Waals surface area contributed by atoms with Crippen LogP contribution in [-0.4, -0.2) is 70.7 Å². The minimum absolute atomic E-state index is 0.120. The Kier molecular flexibility index (Phi) is 6.95. The van der Waals surface area contributed by atoms with E-state index in [1.54, 1.807) is 23.2 Å². The first-order chi connectivity index (χ1) is 20.4. The lowest BCUT2D eigenvalue weighted by Gasteiger charge is -2.45. The second-order valence-corrected chi connectivity index (χ2v) is 12.5. The predicted molar refractivity (Wildman–Crippen MR) is 160 cm³/mol. The van der Waals surface area contributed by atoms with Crippen LogP contribution in [0.3, 0.4) is 0 Å². The number of anilines is 2. The molecule has 3 aromatic heterocycles. The molecule has 3 aliphatic rings. The Morgan fingerprint density at radius 3 is 2.63 bits per heavy atom. The van der Waals surface area contributed by atoms with Crippen molar-refractivity contribution in [1.29, 1.82) is 0 Å². The zero-order valence-electron chi connectivity index (χ0n) is 24.3. The van der Waals surface area contributed by atoms with Gasteiger partial charge in [0.15, 0.2) is 17.4 Å². The molecule has 1 amide bonds. The Morgan fingerprint density at radius 2 is 1.98 bits per heavy atom. The second-order valence-electron chi connectivity index (χ2n) is 11.7. The minimum Gasteiger partial charge on any atom is -0.478 e. The van der Waals surface area contributed by atoms with Gasteiger partial charge in [0.05, 0.1) is 11.8 Å². The summed E-state index contributed by atoms with van der Waals surface area (Å²) in [5.41, 5.74) is 0.411. The quantitative estimate of drug-likeness (QED) is 0.384. The van der Waals surface area contributed by atoms with E-state index in [1.807, 2.05) is 62.4 Å². The molecule has 6 rings (SSSR count). The van der Waals surface area contributed by atoms with Gasteiger partial charge in [-0.05, 0) is 39.0 Å². The summed E-state index contributed by atoms with van der Waals surface area (Å²) in [7, 11) is 0. The molecule has 0 aliphatic carbocycles. The molecule has 13 nitrogen and oxygen atoms in total. The number of amides is 1. The summed E-state index contributed by atoms with van der Waals surface area (Å²) in [5.74, 6) is -1.19. The summed E-state index contributed by atoms with van der Waals surface area (Å²) >= 11 is 1.06. The molecule has 0 bridgehead atoms. The average Bonchev–Trinajstić information content (AvgIpc) is 3.54. The number of aromatic nitrogens is 5. The molecule has 1 unspecified atom stereocenters. The van der Waals surface area contributed by atoms with Gasteiger partial charge in [0, 0.05) is 60.2 Å². The molecule has 2 N–H and O–H groups in total. The number of carboxylic acid groups (broad SMARTS) is 1. The lowest BCUT2D eigenvalue weighted by Crippen LogP contribution is -2.55. The molecule has 1 saturated heterocycles. The van der Waals surface area contributed by atoms with E-state index in [0.29, 0.717) is 47.2 Å². The monoisotopic (exact) mass is 601 g/mol. The molecule has 3 aliphatic heterocycles. The van der Waals surface area contributed by atoms with Crippen LogP contribution in [0.1, 0.15) is 39.4 Å². The number of Topliss-reactive ketones (excluding diaryl/α,β-unsaturated/α-hetero) is 1. The Balaban J connectivity index is 1.26. The number of pyridine rings is 1. The van der Waals surface area contributed by atoms with Gasteiger partial charge in [-0.15, -0.1) is 0 Å². The van der Waals surface area contributed by atoms with Crippen molar-refractivity contribution in [2.45, 2.75) is 40.7 Å². The lowest BCUT2D eigenvalue weighted by molar-refractivity contribution is -0.135. The fraction of sp³-hybridized carbons (Fsp3) is 0.379. The van der Waals surface area contributed by atoms with Crippen LogP contribution in [0.5, 0.6) is 0 Å². The van der Waals surface area contributed by atoms with Gasteiger partial charge in [0.25, 0.3) is 0 Å². The number of hydrogen-bond acceptors (Lipinski definition) is 11. The minimum atomic E-state index is -1.32. The molecule has 222 valence electrons. The number of likely N-dealkylation sites (tertiary alicyclic amines) is 1. The summed E-state index contributed by atoms with van der Waals surface area (Å²) in [6.07, 6.45) is 4.79. The van der Waals surface area contributed by atoms with Crippen molar-refractivity contribution in [2.24, 2.45) is 22.2 Å². The van der Waals surface area contributed by atoms with E-state index in [4.69, 9.17) is 4.99 Å². The van der Waals surface area contributed by atoms with E-state index in [1.165, 1.54) is 6.20 Å². The molecular weight excluding hydrogens is 570 g/mol. The second kappa shape index (κ2) is 10.5. The highest BCUT2D eigenvalue weighted by Crippen LogP contribution is 2.43. The highest BCUT2D eigenvalue weighted by molar-refractivity contribution is 7.10. The number of carbonyl (C=O) groups excluding carboxylic acids is 2. The number of nitrogens with one attached hydrogen (secondary N) is 1. The number of amidine groups is 1. The van der Waals surface area contributed by atoms with Gasteiger partial charge < -0.3 is 15.3 Å². The van der Waals surface area contributed by atoms with E-state index in [-0.39, 0.29) is 23.4 Å². The highest BCUT2D eigenvalue weighted by Gasteiger charge is 2.50. The predicted octanol–water partition coefficient (Wildman–Crippen LogP) is 3.51. The van der Waals surface area contributed by atoms with Crippen LogP contribution in [0.15, 0.2) is 59.1 Å². The number of carboxylic acids is 1.